The zero-order chi connectivity index (χ0) is 10.4. The molecule has 1 aromatic rings. The van der Waals surface area contributed by atoms with Crippen LogP contribution in [0.2, 0.25) is 0 Å². The first-order valence-electron chi connectivity index (χ1n) is 4.77. The van der Waals surface area contributed by atoms with Crippen molar-refractivity contribution in [2.75, 3.05) is 6.54 Å². The number of phenols is 1. The second-order valence-electron chi connectivity index (χ2n) is 3.70. The molecule has 2 bridgehead atoms. The molecule has 2 heterocycles. The number of hydrogen-bond donors (Lipinski definition) is 1. The quantitative estimate of drug-likeness (QED) is 0.580. The van der Waals surface area contributed by atoms with Crippen molar-refractivity contribution in [2.45, 2.75) is 11.7 Å². The van der Waals surface area contributed by atoms with E-state index < -0.39 is 0 Å². The third kappa shape index (κ3) is 1.25. The zero-order valence-electron chi connectivity index (χ0n) is 7.92. The molecule has 1 aromatic carbocycles. The minimum absolute atomic E-state index is 0.0127. The summed E-state index contributed by atoms with van der Waals surface area (Å²) in [5.41, 5.74) is 1.08. The third-order valence-electron chi connectivity index (χ3n) is 2.75. The fourth-order valence-electron chi connectivity index (χ4n) is 2.02. The molecule has 0 radical (unpaired) electrons. The second kappa shape index (κ2) is 3.03. The topological polar surface area (TPSA) is 39.1 Å². The molecule has 1 saturated heterocycles. The van der Waals surface area contributed by atoms with Crippen LogP contribution in [0, 0.1) is 0 Å². The van der Waals surface area contributed by atoms with Crippen molar-refractivity contribution in [3.63, 3.8) is 0 Å². The number of nitrogens with zero attached hydrogens (tertiary/aromatic N) is 3. The Morgan fingerprint density at radius 1 is 1.33 bits per heavy atom. The second-order valence-corrected chi connectivity index (χ2v) is 4.20. The van der Waals surface area contributed by atoms with Gasteiger partial charge in [0.2, 0.25) is 0 Å². The number of aromatic hydroxyl groups is 1. The lowest BCUT2D eigenvalue weighted by molar-refractivity contribution is 0.237. The Morgan fingerprint density at radius 3 is 2.60 bits per heavy atom. The van der Waals surface area contributed by atoms with Gasteiger partial charge in [-0.3, -0.25) is 5.01 Å². The Bertz CT molecular complexity index is 406. The highest BCUT2D eigenvalue weighted by atomic mass is 35.5. The van der Waals surface area contributed by atoms with Crippen LogP contribution in [0.4, 0.5) is 0 Å². The van der Waals surface area contributed by atoms with E-state index in [4.69, 9.17) is 11.6 Å². The Hall–Kier alpha value is -1.42. The lowest BCUT2D eigenvalue weighted by Gasteiger charge is -2.20. The molecule has 0 unspecified atom stereocenters. The Labute approximate surface area is 92.4 Å². The first-order valence-corrected chi connectivity index (χ1v) is 5.20. The van der Waals surface area contributed by atoms with Crippen LogP contribution >= 0.6 is 11.6 Å². The van der Waals surface area contributed by atoms with E-state index >= 15 is 0 Å². The summed E-state index contributed by atoms with van der Waals surface area (Å²) in [5.74, 6) is 0.275. The van der Waals surface area contributed by atoms with Crippen molar-refractivity contribution in [3.8, 4) is 5.75 Å². The Balaban J connectivity index is 1.94. The highest BCUT2D eigenvalue weighted by Crippen LogP contribution is 2.37. The number of hydrogen-bond acceptors (Lipinski definition) is 4. The molecule has 2 aliphatic rings. The van der Waals surface area contributed by atoms with Crippen LogP contribution in [-0.2, 0) is 0 Å². The zero-order valence-corrected chi connectivity index (χ0v) is 8.67. The largest absolute Gasteiger partial charge is 0.508 e. The van der Waals surface area contributed by atoms with E-state index in [1.807, 2.05) is 22.0 Å². The minimum atomic E-state index is -0.0127. The predicted octanol–water partition coefficient (Wildman–Crippen LogP) is 1.53. The molecular weight excluding hydrogens is 214 g/mol. The molecule has 2 aliphatic heterocycles. The molecule has 5 heteroatoms. The summed E-state index contributed by atoms with van der Waals surface area (Å²) in [7, 11) is 0. The van der Waals surface area contributed by atoms with Crippen LogP contribution in [0.3, 0.4) is 0 Å². The fraction of sp³-hybridized carbons (Fsp3) is 0.300. The molecule has 3 rings (SSSR count). The third-order valence-corrected chi connectivity index (χ3v) is 3.11. The van der Waals surface area contributed by atoms with Gasteiger partial charge in [-0.05, 0) is 17.7 Å². The molecule has 0 aromatic heterocycles. The predicted molar refractivity (Wildman–Crippen MR) is 57.5 cm³/mol. The monoisotopic (exact) mass is 223 g/mol. The first-order chi connectivity index (χ1) is 7.25. The summed E-state index contributed by atoms with van der Waals surface area (Å²) in [6.07, 6.45) is 1.85. The maximum atomic E-state index is 9.21. The summed E-state index contributed by atoms with van der Waals surface area (Å²) in [6, 6.07) is 7.14. The van der Waals surface area contributed by atoms with Crippen molar-refractivity contribution in [1.82, 2.24) is 9.91 Å². The summed E-state index contributed by atoms with van der Waals surface area (Å²) < 4.78 is 0. The molecule has 2 atom stereocenters. The molecule has 1 N–H and O–H groups in total. The Morgan fingerprint density at radius 2 is 2.07 bits per heavy atom. The standard InChI is InChI=1S/C10H10ClN3O/c11-9-5-14-10(13(9)6-12-14)7-1-3-8(15)4-2-7/h1-4,6,9-10,15H,5H2/t9-,10+/m1/s1. The molecule has 78 valence electrons. The van der Waals surface area contributed by atoms with Crippen molar-refractivity contribution >= 4 is 17.9 Å². The van der Waals surface area contributed by atoms with E-state index in [0.717, 1.165) is 12.1 Å². The first kappa shape index (κ1) is 8.85. The van der Waals surface area contributed by atoms with E-state index in [2.05, 4.69) is 5.10 Å². The summed E-state index contributed by atoms with van der Waals surface area (Å²) in [5, 5.41) is 15.4. The molecule has 1 fully saturated rings. The molecular formula is C10H10ClN3O. The number of fused-ring (bicyclic) bond motifs is 2. The molecule has 0 amide bonds. The van der Waals surface area contributed by atoms with Gasteiger partial charge in [0, 0.05) is 0 Å². The number of alkyl halides is 1. The normalized spacial score (nSPS) is 27.8. The van der Waals surface area contributed by atoms with Gasteiger partial charge in [0.05, 0.1) is 6.54 Å². The smallest absolute Gasteiger partial charge is 0.146 e. The van der Waals surface area contributed by atoms with E-state index in [1.165, 1.54) is 0 Å². The maximum absolute atomic E-state index is 9.21. The van der Waals surface area contributed by atoms with Crippen LogP contribution in [-0.4, -0.2) is 33.4 Å². The number of halogens is 1. The Kier molecular flexibility index (Phi) is 1.79. The van der Waals surface area contributed by atoms with Crippen LogP contribution in [0.5, 0.6) is 5.75 Å². The van der Waals surface area contributed by atoms with Gasteiger partial charge >= 0.3 is 0 Å². The van der Waals surface area contributed by atoms with Crippen molar-refractivity contribution in [3.05, 3.63) is 29.8 Å². The average Bonchev–Trinajstić information content (AvgIpc) is 2.75. The van der Waals surface area contributed by atoms with Crippen LogP contribution in [0.25, 0.3) is 0 Å². The number of rotatable bonds is 1. The summed E-state index contributed by atoms with van der Waals surface area (Å²) in [6.45, 7) is 0.740. The maximum Gasteiger partial charge on any atom is 0.146 e. The van der Waals surface area contributed by atoms with Crippen LogP contribution in [0.15, 0.2) is 29.4 Å². The number of phenolic OH excluding ortho intramolecular Hbond substituents is 1. The minimum Gasteiger partial charge on any atom is -0.508 e. The van der Waals surface area contributed by atoms with E-state index in [-0.39, 0.29) is 17.4 Å². The van der Waals surface area contributed by atoms with Crippen molar-refractivity contribution < 1.29 is 5.11 Å². The highest BCUT2D eigenvalue weighted by Gasteiger charge is 2.41. The number of benzene rings is 1. The molecule has 0 spiro atoms. The van der Waals surface area contributed by atoms with Gasteiger partial charge in [-0.15, -0.1) is 0 Å². The van der Waals surface area contributed by atoms with Crippen molar-refractivity contribution in [2.24, 2.45) is 5.10 Å². The summed E-state index contributed by atoms with van der Waals surface area (Å²) >= 11 is 6.13. The molecule has 0 saturated carbocycles. The molecule has 0 aliphatic carbocycles. The van der Waals surface area contributed by atoms with E-state index in [1.54, 1.807) is 18.5 Å². The number of hydrazone groups is 1. The average molecular weight is 224 g/mol. The molecule has 4 nitrogen and oxygen atoms in total. The molecule has 15 heavy (non-hydrogen) atoms. The van der Waals surface area contributed by atoms with Gasteiger partial charge in [-0.25, -0.2) is 0 Å². The van der Waals surface area contributed by atoms with Crippen LogP contribution < -0.4 is 0 Å². The van der Waals surface area contributed by atoms with E-state index in [9.17, 15) is 5.11 Å². The van der Waals surface area contributed by atoms with Gasteiger partial charge < -0.3 is 10.0 Å². The van der Waals surface area contributed by atoms with Gasteiger partial charge in [0.15, 0.2) is 0 Å². The van der Waals surface area contributed by atoms with Gasteiger partial charge in [-0.2, -0.15) is 5.10 Å². The highest BCUT2D eigenvalue weighted by molar-refractivity contribution is 6.21. The van der Waals surface area contributed by atoms with Crippen LogP contribution in [0.1, 0.15) is 11.7 Å². The van der Waals surface area contributed by atoms with Gasteiger partial charge in [-0.1, -0.05) is 23.7 Å². The SMILES string of the molecule is Oc1ccc([C@@H]2N3C[C@H](Cl)N2C=N3)cc1. The van der Waals surface area contributed by atoms with Gasteiger partial charge in [0.1, 0.15) is 23.8 Å². The fourth-order valence-corrected chi connectivity index (χ4v) is 2.32. The van der Waals surface area contributed by atoms with Gasteiger partial charge in [0.25, 0.3) is 0 Å². The van der Waals surface area contributed by atoms with E-state index in [0.29, 0.717) is 0 Å². The lowest BCUT2D eigenvalue weighted by Crippen LogP contribution is -2.25. The summed E-state index contributed by atoms with van der Waals surface area (Å²) in [4.78, 5) is 2.01. The lowest BCUT2D eigenvalue weighted by atomic mass is 10.1. The van der Waals surface area contributed by atoms with Crippen molar-refractivity contribution in [1.29, 1.82) is 0 Å².